The third kappa shape index (κ3) is 4.56. The van der Waals surface area contributed by atoms with Crippen LogP contribution in [0.15, 0.2) is 41.3 Å². The molecule has 4 rings (SSSR count). The largest absolute Gasteiger partial charge is 0.348 e. The molecule has 0 saturated carbocycles. The van der Waals surface area contributed by atoms with Gasteiger partial charge in [-0.2, -0.15) is 4.31 Å². The molecule has 2 saturated heterocycles. The van der Waals surface area contributed by atoms with E-state index in [0.717, 1.165) is 12.1 Å². The number of hydrogen-bond donors (Lipinski definition) is 1. The van der Waals surface area contributed by atoms with Crippen LogP contribution in [0.4, 0.5) is 8.78 Å². The number of rotatable bonds is 4. The minimum absolute atomic E-state index is 0.00153. The van der Waals surface area contributed by atoms with Crippen LogP contribution in [0.1, 0.15) is 16.8 Å². The van der Waals surface area contributed by atoms with E-state index in [-0.39, 0.29) is 40.7 Å². The van der Waals surface area contributed by atoms with Crippen LogP contribution < -0.4 is 5.32 Å². The lowest BCUT2D eigenvalue weighted by atomic mass is 10.1. The van der Waals surface area contributed by atoms with Gasteiger partial charge in [-0.3, -0.25) is 9.69 Å². The van der Waals surface area contributed by atoms with Crippen molar-refractivity contribution in [2.45, 2.75) is 23.4 Å². The molecule has 0 aromatic heterocycles. The number of sulfonamides is 1. The number of fused-ring (bicyclic) bond motifs is 1. The van der Waals surface area contributed by atoms with Gasteiger partial charge in [-0.15, -0.1) is 0 Å². The van der Waals surface area contributed by atoms with Gasteiger partial charge in [-0.1, -0.05) is 23.2 Å². The Kier molecular flexibility index (Phi) is 6.24. The lowest BCUT2D eigenvalue weighted by Crippen LogP contribution is -2.52. The van der Waals surface area contributed by atoms with Crippen LogP contribution in [-0.2, 0) is 10.0 Å². The monoisotopic (exact) mass is 489 g/mol. The highest BCUT2D eigenvalue weighted by atomic mass is 35.5. The molecule has 2 aromatic carbocycles. The van der Waals surface area contributed by atoms with Crippen molar-refractivity contribution in [2.75, 3.05) is 26.2 Å². The molecule has 6 nitrogen and oxygen atoms in total. The number of halogens is 4. The molecule has 0 radical (unpaired) electrons. The van der Waals surface area contributed by atoms with Crippen molar-refractivity contribution in [2.24, 2.45) is 0 Å². The molecule has 0 bridgehead atoms. The summed E-state index contributed by atoms with van der Waals surface area (Å²) in [6.45, 7) is 1.55. The molecule has 2 aromatic rings. The van der Waals surface area contributed by atoms with E-state index in [1.54, 1.807) is 0 Å². The number of nitrogens with one attached hydrogen (secondary N) is 1. The predicted molar refractivity (Wildman–Crippen MR) is 113 cm³/mol. The van der Waals surface area contributed by atoms with Gasteiger partial charge in [0.2, 0.25) is 10.0 Å². The molecule has 2 heterocycles. The molecule has 0 unspecified atom stereocenters. The molecule has 1 amide bonds. The summed E-state index contributed by atoms with van der Waals surface area (Å²) >= 11 is 12.0. The van der Waals surface area contributed by atoms with Crippen molar-refractivity contribution in [1.29, 1.82) is 0 Å². The van der Waals surface area contributed by atoms with Gasteiger partial charge in [0.05, 0.1) is 10.6 Å². The van der Waals surface area contributed by atoms with Gasteiger partial charge in [-0.05, 0) is 36.8 Å². The Labute approximate surface area is 188 Å². The highest BCUT2D eigenvalue weighted by Gasteiger charge is 2.41. The van der Waals surface area contributed by atoms with Gasteiger partial charge in [0.25, 0.3) is 5.91 Å². The number of hydrogen-bond acceptors (Lipinski definition) is 4. The smallest absolute Gasteiger partial charge is 0.254 e. The van der Waals surface area contributed by atoms with Gasteiger partial charge in [-0.25, -0.2) is 17.2 Å². The summed E-state index contributed by atoms with van der Waals surface area (Å²) in [7, 11) is -3.80. The van der Waals surface area contributed by atoms with E-state index in [2.05, 4.69) is 10.2 Å². The molecule has 2 aliphatic rings. The maximum absolute atomic E-state index is 13.9. The summed E-state index contributed by atoms with van der Waals surface area (Å²) in [6, 6.07) is 6.68. The molecule has 166 valence electrons. The van der Waals surface area contributed by atoms with E-state index in [1.807, 2.05) is 0 Å². The first-order valence-electron chi connectivity index (χ1n) is 9.60. The first-order valence-corrected chi connectivity index (χ1v) is 11.8. The summed E-state index contributed by atoms with van der Waals surface area (Å²) in [5, 5.41) is 3.18. The second kappa shape index (κ2) is 8.63. The maximum Gasteiger partial charge on any atom is 0.254 e. The Morgan fingerprint density at radius 2 is 1.84 bits per heavy atom. The first kappa shape index (κ1) is 22.4. The highest BCUT2D eigenvalue weighted by Crippen LogP contribution is 2.31. The minimum atomic E-state index is -3.80. The van der Waals surface area contributed by atoms with E-state index in [4.69, 9.17) is 23.2 Å². The topological polar surface area (TPSA) is 69.7 Å². The molecule has 0 aliphatic carbocycles. The number of nitrogens with zero attached hydrogens (tertiary/aromatic N) is 2. The SMILES string of the molecule is O=C(N[C@H]1C[C@H]2CN(S(=O)(=O)c3ccc(Cl)cc3Cl)CCN2C1)c1ccc(F)cc1F. The zero-order chi connectivity index (χ0) is 22.3. The van der Waals surface area contributed by atoms with Crippen LogP contribution in [0.5, 0.6) is 0 Å². The van der Waals surface area contributed by atoms with E-state index in [9.17, 15) is 22.0 Å². The van der Waals surface area contributed by atoms with E-state index >= 15 is 0 Å². The van der Waals surface area contributed by atoms with E-state index < -0.39 is 27.6 Å². The van der Waals surface area contributed by atoms with Crippen LogP contribution >= 0.6 is 23.2 Å². The van der Waals surface area contributed by atoms with Crippen molar-refractivity contribution in [3.05, 3.63) is 63.6 Å². The standard InChI is InChI=1S/C20H19Cl2F2N3O3S/c21-12-1-4-19(17(22)7-12)31(29,30)27-6-5-26-10-14(9-15(26)11-27)25-20(28)16-3-2-13(23)8-18(16)24/h1-4,7-8,14-15H,5-6,9-11H2,(H,25,28)/t14-,15-/m0/s1. The van der Waals surface area contributed by atoms with Crippen molar-refractivity contribution < 1.29 is 22.0 Å². The summed E-state index contributed by atoms with van der Waals surface area (Å²) in [5.41, 5.74) is -0.229. The summed E-state index contributed by atoms with van der Waals surface area (Å²) in [4.78, 5) is 14.5. The fraction of sp³-hybridized carbons (Fsp3) is 0.350. The lowest BCUT2D eigenvalue weighted by Gasteiger charge is -2.36. The third-order valence-corrected chi connectivity index (χ3v) is 8.18. The molecular formula is C20H19Cl2F2N3O3S. The van der Waals surface area contributed by atoms with Gasteiger partial charge >= 0.3 is 0 Å². The van der Waals surface area contributed by atoms with Gasteiger partial charge in [0, 0.05) is 49.4 Å². The van der Waals surface area contributed by atoms with Gasteiger partial charge in [0.1, 0.15) is 16.5 Å². The average molecular weight is 490 g/mol. The Morgan fingerprint density at radius 3 is 2.55 bits per heavy atom. The average Bonchev–Trinajstić information content (AvgIpc) is 3.08. The molecule has 2 fully saturated rings. The van der Waals surface area contributed by atoms with Gasteiger partial charge < -0.3 is 5.32 Å². The predicted octanol–water partition coefficient (Wildman–Crippen LogP) is 3.15. The van der Waals surface area contributed by atoms with Crippen LogP contribution in [0, 0.1) is 11.6 Å². The molecule has 31 heavy (non-hydrogen) atoms. The molecule has 2 aliphatic heterocycles. The zero-order valence-corrected chi connectivity index (χ0v) is 18.5. The second-order valence-electron chi connectivity index (χ2n) is 7.62. The highest BCUT2D eigenvalue weighted by molar-refractivity contribution is 7.89. The minimum Gasteiger partial charge on any atom is -0.348 e. The van der Waals surface area contributed by atoms with E-state index in [1.165, 1.54) is 22.5 Å². The Hall–Kier alpha value is -1.78. The molecule has 11 heteroatoms. The molecule has 0 spiro atoms. The van der Waals surface area contributed by atoms with E-state index in [0.29, 0.717) is 30.6 Å². The van der Waals surface area contributed by atoms with Crippen molar-refractivity contribution in [1.82, 2.24) is 14.5 Å². The van der Waals surface area contributed by atoms with Crippen molar-refractivity contribution in [3.63, 3.8) is 0 Å². The second-order valence-corrected chi connectivity index (χ2v) is 10.4. The quantitative estimate of drug-likeness (QED) is 0.715. The molecule has 1 N–H and O–H groups in total. The maximum atomic E-state index is 13.9. The van der Waals surface area contributed by atoms with Crippen LogP contribution in [0.25, 0.3) is 0 Å². The summed E-state index contributed by atoms with van der Waals surface area (Å²) in [5.74, 6) is -2.31. The van der Waals surface area contributed by atoms with Crippen LogP contribution in [0.3, 0.4) is 0 Å². The Bertz CT molecular complexity index is 1130. The Morgan fingerprint density at radius 1 is 1.06 bits per heavy atom. The summed E-state index contributed by atoms with van der Waals surface area (Å²) in [6.07, 6.45) is 0.509. The van der Waals surface area contributed by atoms with Crippen LogP contribution in [-0.4, -0.2) is 61.8 Å². The number of carbonyl (C=O) groups is 1. The first-order chi connectivity index (χ1) is 14.6. The normalized spacial score (nSPS) is 22.3. The number of carbonyl (C=O) groups excluding carboxylic acids is 1. The number of benzene rings is 2. The van der Waals surface area contributed by atoms with Crippen LogP contribution in [0.2, 0.25) is 10.0 Å². The number of amides is 1. The number of piperazine rings is 1. The summed E-state index contributed by atoms with van der Waals surface area (Å²) < 4.78 is 54.4. The van der Waals surface area contributed by atoms with Crippen molar-refractivity contribution >= 4 is 39.1 Å². The fourth-order valence-corrected chi connectivity index (χ4v) is 6.31. The lowest BCUT2D eigenvalue weighted by molar-refractivity contribution is 0.0933. The van der Waals surface area contributed by atoms with Gasteiger partial charge in [0.15, 0.2) is 0 Å². The molecular weight excluding hydrogens is 471 g/mol. The third-order valence-electron chi connectivity index (χ3n) is 5.60. The Balaban J connectivity index is 1.43. The molecule has 2 atom stereocenters. The van der Waals surface area contributed by atoms with Crippen molar-refractivity contribution in [3.8, 4) is 0 Å². The zero-order valence-electron chi connectivity index (χ0n) is 16.2. The fourth-order valence-electron chi connectivity index (χ4n) is 4.10.